The number of hydrogen-bond donors (Lipinski definition) is 4. The molecular formula is C4H12NO3PS. The Kier molecular flexibility index (Phi) is 2.96. The van der Waals surface area contributed by atoms with E-state index >= 15 is 0 Å². The summed E-state index contributed by atoms with van der Waals surface area (Å²) in [5.41, 5.74) is 5.19. The van der Waals surface area contributed by atoms with E-state index in [2.05, 4.69) is 12.6 Å². The molecule has 62 valence electrons. The first-order valence-electron chi connectivity index (χ1n) is 2.69. The zero-order valence-electron chi connectivity index (χ0n) is 5.85. The molecule has 0 heterocycles. The van der Waals surface area contributed by atoms with E-state index in [0.29, 0.717) is 0 Å². The monoisotopic (exact) mass is 185 g/mol. The fourth-order valence-electron chi connectivity index (χ4n) is 0.412. The summed E-state index contributed by atoms with van der Waals surface area (Å²) in [6.07, 6.45) is 0. The van der Waals surface area contributed by atoms with Gasteiger partial charge in [-0.1, -0.05) is 0 Å². The summed E-state index contributed by atoms with van der Waals surface area (Å²) in [6, 6.07) is 0. The Labute approximate surface area is 65.4 Å². The molecule has 0 aromatic heterocycles. The fourth-order valence-corrected chi connectivity index (χ4v) is 1.69. The van der Waals surface area contributed by atoms with Crippen molar-refractivity contribution in [3.8, 4) is 0 Å². The second-order valence-electron chi connectivity index (χ2n) is 2.69. The first-order valence-corrected chi connectivity index (χ1v) is 4.82. The SMILES string of the molecule is CC(C)(S)C(N)P(=O)(O)O. The van der Waals surface area contributed by atoms with Crippen LogP contribution in [0.3, 0.4) is 0 Å². The number of nitrogens with two attached hydrogens (primary N) is 1. The molecule has 4 nitrogen and oxygen atoms in total. The van der Waals surface area contributed by atoms with Crippen molar-refractivity contribution in [3.05, 3.63) is 0 Å². The van der Waals surface area contributed by atoms with Crippen LogP contribution in [0.2, 0.25) is 0 Å². The van der Waals surface area contributed by atoms with E-state index in [1.165, 1.54) is 0 Å². The lowest BCUT2D eigenvalue weighted by molar-refractivity contribution is 0.349. The maximum absolute atomic E-state index is 10.5. The minimum atomic E-state index is -4.18. The van der Waals surface area contributed by atoms with Crippen molar-refractivity contribution in [1.82, 2.24) is 0 Å². The van der Waals surface area contributed by atoms with Gasteiger partial charge >= 0.3 is 7.60 Å². The molecular weight excluding hydrogens is 173 g/mol. The van der Waals surface area contributed by atoms with Crippen molar-refractivity contribution in [3.63, 3.8) is 0 Å². The number of thiol groups is 1. The van der Waals surface area contributed by atoms with Crippen molar-refractivity contribution in [2.24, 2.45) is 5.73 Å². The van der Waals surface area contributed by atoms with Crippen LogP contribution in [0, 0.1) is 0 Å². The summed E-state index contributed by atoms with van der Waals surface area (Å²) in [6.45, 7) is 3.11. The number of rotatable bonds is 2. The van der Waals surface area contributed by atoms with Crippen LogP contribution < -0.4 is 5.73 Å². The first kappa shape index (κ1) is 10.5. The van der Waals surface area contributed by atoms with Crippen molar-refractivity contribution in [2.75, 3.05) is 0 Å². The average Bonchev–Trinajstić information content (AvgIpc) is 1.59. The van der Waals surface area contributed by atoms with Gasteiger partial charge in [0.15, 0.2) is 0 Å². The Morgan fingerprint density at radius 3 is 1.90 bits per heavy atom. The predicted octanol–water partition coefficient (Wildman–Crippen LogP) is 0.157. The highest BCUT2D eigenvalue weighted by molar-refractivity contribution is 7.82. The molecule has 0 bridgehead atoms. The van der Waals surface area contributed by atoms with Gasteiger partial charge in [-0.2, -0.15) is 12.6 Å². The molecule has 6 heteroatoms. The van der Waals surface area contributed by atoms with Crippen LogP contribution in [0.25, 0.3) is 0 Å². The Morgan fingerprint density at radius 1 is 1.60 bits per heavy atom. The Hall–Kier alpha value is 0.460. The molecule has 0 aromatic rings. The zero-order chi connectivity index (χ0) is 8.58. The van der Waals surface area contributed by atoms with E-state index in [1.54, 1.807) is 13.8 Å². The summed E-state index contributed by atoms with van der Waals surface area (Å²) in [5, 5.41) is 0. The molecule has 10 heavy (non-hydrogen) atoms. The second-order valence-corrected chi connectivity index (χ2v) is 5.57. The van der Waals surface area contributed by atoms with E-state index in [1.807, 2.05) is 0 Å². The summed E-state index contributed by atoms with van der Waals surface area (Å²) >= 11 is 3.93. The average molecular weight is 185 g/mol. The molecule has 0 saturated heterocycles. The third-order valence-corrected chi connectivity index (χ3v) is 2.94. The molecule has 0 radical (unpaired) electrons. The van der Waals surface area contributed by atoms with Gasteiger partial charge < -0.3 is 15.5 Å². The minimum absolute atomic E-state index is 0.848. The van der Waals surface area contributed by atoms with Crippen LogP contribution in [0.4, 0.5) is 0 Å². The molecule has 0 aliphatic carbocycles. The van der Waals surface area contributed by atoms with Crippen molar-refractivity contribution < 1.29 is 14.4 Å². The van der Waals surface area contributed by atoms with E-state index in [4.69, 9.17) is 15.5 Å². The second kappa shape index (κ2) is 2.83. The molecule has 0 rings (SSSR count). The first-order chi connectivity index (χ1) is 4.15. The minimum Gasteiger partial charge on any atom is -0.323 e. The molecule has 0 amide bonds. The van der Waals surface area contributed by atoms with Gasteiger partial charge in [0.05, 0.1) is 0 Å². The van der Waals surface area contributed by atoms with Gasteiger partial charge in [-0.15, -0.1) is 0 Å². The van der Waals surface area contributed by atoms with Gasteiger partial charge in [-0.05, 0) is 13.8 Å². The van der Waals surface area contributed by atoms with Crippen molar-refractivity contribution in [2.45, 2.75) is 24.4 Å². The highest BCUT2D eigenvalue weighted by Gasteiger charge is 2.36. The van der Waals surface area contributed by atoms with Gasteiger partial charge in [-0.3, -0.25) is 4.57 Å². The predicted molar refractivity (Wildman–Crippen MR) is 43.1 cm³/mol. The van der Waals surface area contributed by atoms with E-state index < -0.39 is 18.1 Å². The van der Waals surface area contributed by atoms with Crippen molar-refractivity contribution in [1.29, 1.82) is 0 Å². The Bertz CT molecular complexity index is 160. The third kappa shape index (κ3) is 3.03. The van der Waals surface area contributed by atoms with Crippen LogP contribution >= 0.6 is 20.2 Å². The molecule has 0 aliphatic heterocycles. The summed E-state index contributed by atoms with van der Waals surface area (Å²) < 4.78 is 9.65. The lowest BCUT2D eigenvalue weighted by Crippen LogP contribution is -2.38. The van der Waals surface area contributed by atoms with Gasteiger partial charge in [0.2, 0.25) is 0 Å². The fraction of sp³-hybridized carbons (Fsp3) is 1.00. The molecule has 0 fully saturated rings. The summed E-state index contributed by atoms with van der Waals surface area (Å²) in [7, 11) is -4.18. The van der Waals surface area contributed by atoms with Crippen LogP contribution in [0.5, 0.6) is 0 Å². The smallest absolute Gasteiger partial charge is 0.323 e. The van der Waals surface area contributed by atoms with E-state index in [0.717, 1.165) is 0 Å². The van der Waals surface area contributed by atoms with Crippen molar-refractivity contribution >= 4 is 20.2 Å². The van der Waals surface area contributed by atoms with Gasteiger partial charge in [0, 0.05) is 4.75 Å². The number of hydrogen-bond acceptors (Lipinski definition) is 3. The maximum atomic E-state index is 10.5. The largest absolute Gasteiger partial charge is 0.343 e. The molecule has 0 aromatic carbocycles. The third-order valence-electron chi connectivity index (χ3n) is 1.09. The quantitative estimate of drug-likeness (QED) is 0.364. The molecule has 1 unspecified atom stereocenters. The Morgan fingerprint density at radius 2 is 1.90 bits per heavy atom. The summed E-state index contributed by atoms with van der Waals surface area (Å²) in [4.78, 5) is 17.1. The molecule has 0 spiro atoms. The van der Waals surface area contributed by atoms with E-state index in [-0.39, 0.29) is 0 Å². The Balaban J connectivity index is 4.39. The van der Waals surface area contributed by atoms with Crippen LogP contribution in [-0.4, -0.2) is 20.3 Å². The standard InChI is InChI=1S/C4H12NO3PS/c1-4(2,10)3(5)9(6,7)8/h3,10H,5H2,1-2H3,(H2,6,7,8). The normalized spacial score (nSPS) is 17.0. The lowest BCUT2D eigenvalue weighted by Gasteiger charge is -2.26. The topological polar surface area (TPSA) is 83.6 Å². The maximum Gasteiger partial charge on any atom is 0.343 e. The zero-order valence-corrected chi connectivity index (χ0v) is 7.64. The van der Waals surface area contributed by atoms with Gasteiger partial charge in [0.25, 0.3) is 0 Å². The highest BCUT2D eigenvalue weighted by Crippen LogP contribution is 2.44. The highest BCUT2D eigenvalue weighted by atomic mass is 32.1. The summed E-state index contributed by atoms with van der Waals surface area (Å²) in [5.74, 6) is -1.21. The molecule has 1 atom stereocenters. The molecule has 4 N–H and O–H groups in total. The van der Waals surface area contributed by atoms with Crippen LogP contribution in [-0.2, 0) is 4.57 Å². The van der Waals surface area contributed by atoms with Gasteiger partial charge in [0.1, 0.15) is 5.78 Å². The van der Waals surface area contributed by atoms with Crippen LogP contribution in [0.15, 0.2) is 0 Å². The van der Waals surface area contributed by atoms with E-state index in [9.17, 15) is 4.57 Å². The molecule has 0 saturated carbocycles. The van der Waals surface area contributed by atoms with Crippen LogP contribution in [0.1, 0.15) is 13.8 Å². The lowest BCUT2D eigenvalue weighted by atomic mass is 10.2. The van der Waals surface area contributed by atoms with Gasteiger partial charge in [-0.25, -0.2) is 0 Å². The molecule has 0 aliphatic rings.